The first-order valence-electron chi connectivity index (χ1n) is 15.8. The third kappa shape index (κ3) is 5.00. The van der Waals surface area contributed by atoms with Crippen molar-refractivity contribution >= 4 is 44.3 Å². The Morgan fingerprint density at radius 2 is 0.979 bits per heavy atom. The van der Waals surface area contributed by atoms with E-state index in [2.05, 4.69) is 91.0 Å². The fraction of sp³-hybridized carbons (Fsp3) is 0. The van der Waals surface area contributed by atoms with Gasteiger partial charge >= 0.3 is 0 Å². The summed E-state index contributed by atoms with van der Waals surface area (Å²) in [5.41, 5.74) is 8.56. The number of hydrogen-bond acceptors (Lipinski definition) is 4. The number of para-hydroxylation sites is 1. The number of rotatable bonds is 5. The van der Waals surface area contributed by atoms with E-state index in [1.807, 2.05) is 66.7 Å². The molecule has 9 rings (SSSR count). The largest absolute Gasteiger partial charge is 0.456 e. The first-order chi connectivity index (χ1) is 23.7. The Bertz CT molecular complexity index is 2630. The molecule has 0 saturated heterocycles. The van der Waals surface area contributed by atoms with Gasteiger partial charge in [-0.15, -0.1) is 0 Å². The van der Waals surface area contributed by atoms with Crippen LogP contribution in [0.1, 0.15) is 0 Å². The monoisotopic (exact) mass is 635 g/mol. The molecule has 0 aliphatic rings. The van der Waals surface area contributed by atoms with Crippen molar-refractivity contribution in [1.82, 2.24) is 15.0 Å². The van der Waals surface area contributed by atoms with Crippen LogP contribution < -0.4 is 0 Å². The van der Waals surface area contributed by atoms with Gasteiger partial charge in [-0.3, -0.25) is 0 Å². The van der Waals surface area contributed by atoms with Gasteiger partial charge in [0.15, 0.2) is 17.5 Å². The lowest BCUT2D eigenvalue weighted by atomic mass is 9.98. The first kappa shape index (κ1) is 28.1. The number of nitrogens with zero attached hydrogens (tertiary/aromatic N) is 3. The summed E-state index contributed by atoms with van der Waals surface area (Å²) < 4.78 is 6.24. The Labute approximate surface area is 282 Å². The Morgan fingerprint density at radius 1 is 0.396 bits per heavy atom. The fourth-order valence-electron chi connectivity index (χ4n) is 6.49. The predicted molar refractivity (Wildman–Crippen MR) is 197 cm³/mol. The van der Waals surface area contributed by atoms with E-state index >= 15 is 0 Å². The zero-order valence-corrected chi connectivity index (χ0v) is 26.4. The molecule has 0 N–H and O–H groups in total. The molecule has 0 spiro atoms. The summed E-state index contributed by atoms with van der Waals surface area (Å²) in [7, 11) is 0. The molecular weight excluding hydrogens is 610 g/mol. The highest BCUT2D eigenvalue weighted by molar-refractivity contribution is 6.32. The van der Waals surface area contributed by atoms with Crippen molar-refractivity contribution in [2.45, 2.75) is 0 Å². The molecule has 2 heterocycles. The minimum atomic E-state index is 0.524. The van der Waals surface area contributed by atoms with Crippen LogP contribution in [-0.4, -0.2) is 15.0 Å². The number of benzene rings is 7. The highest BCUT2D eigenvalue weighted by atomic mass is 35.5. The van der Waals surface area contributed by atoms with E-state index in [-0.39, 0.29) is 0 Å². The predicted octanol–water partition coefficient (Wildman–Crippen LogP) is 11.9. The zero-order chi connectivity index (χ0) is 32.0. The van der Waals surface area contributed by atoms with Crippen molar-refractivity contribution in [1.29, 1.82) is 0 Å². The Hall–Kier alpha value is -6.10. The molecular formula is C43H26ClN3O. The molecule has 7 aromatic carbocycles. The Balaban J connectivity index is 1.27. The second-order valence-corrected chi connectivity index (χ2v) is 12.2. The van der Waals surface area contributed by atoms with Gasteiger partial charge in [-0.05, 0) is 57.3 Å². The molecule has 226 valence electrons. The highest BCUT2D eigenvalue weighted by Crippen LogP contribution is 2.39. The molecule has 0 unspecified atom stereocenters. The molecule has 5 heteroatoms. The molecule has 0 saturated carbocycles. The SMILES string of the molecule is Clc1cc(-c2nc(-c3ccc4cc(-c5ccccc5)ccc4c3)nc(-c3ccccc3-c3ccccc3)n2)c2c(c1)oc1ccccc12. The van der Waals surface area contributed by atoms with Crippen LogP contribution >= 0.6 is 11.6 Å². The van der Waals surface area contributed by atoms with Gasteiger partial charge in [-0.1, -0.05) is 139 Å². The lowest BCUT2D eigenvalue weighted by Gasteiger charge is -2.13. The van der Waals surface area contributed by atoms with E-state index in [1.54, 1.807) is 0 Å². The van der Waals surface area contributed by atoms with Crippen molar-refractivity contribution in [3.8, 4) is 56.4 Å². The zero-order valence-electron chi connectivity index (χ0n) is 25.6. The molecule has 0 radical (unpaired) electrons. The number of halogens is 1. The van der Waals surface area contributed by atoms with E-state index < -0.39 is 0 Å². The number of furan rings is 1. The second kappa shape index (κ2) is 11.6. The minimum absolute atomic E-state index is 0.524. The number of fused-ring (bicyclic) bond motifs is 4. The maximum absolute atomic E-state index is 6.71. The van der Waals surface area contributed by atoms with E-state index in [0.717, 1.165) is 54.9 Å². The maximum atomic E-state index is 6.71. The molecule has 9 aromatic rings. The van der Waals surface area contributed by atoms with Crippen molar-refractivity contribution < 1.29 is 4.42 Å². The van der Waals surface area contributed by atoms with Crippen LogP contribution in [0, 0.1) is 0 Å². The lowest BCUT2D eigenvalue weighted by Crippen LogP contribution is -2.01. The smallest absolute Gasteiger partial charge is 0.164 e. The van der Waals surface area contributed by atoms with Gasteiger partial charge in [0.05, 0.1) is 0 Å². The molecule has 2 aromatic heterocycles. The van der Waals surface area contributed by atoms with E-state index in [1.165, 1.54) is 11.1 Å². The van der Waals surface area contributed by atoms with Gasteiger partial charge in [-0.2, -0.15) is 0 Å². The normalized spacial score (nSPS) is 11.4. The second-order valence-electron chi connectivity index (χ2n) is 11.8. The third-order valence-electron chi connectivity index (χ3n) is 8.78. The molecule has 0 atom stereocenters. The summed E-state index contributed by atoms with van der Waals surface area (Å²) in [6.07, 6.45) is 0. The van der Waals surface area contributed by atoms with Crippen LogP contribution in [0.3, 0.4) is 0 Å². The van der Waals surface area contributed by atoms with Gasteiger partial charge < -0.3 is 4.42 Å². The average molecular weight is 636 g/mol. The van der Waals surface area contributed by atoms with Crippen molar-refractivity contribution in [2.75, 3.05) is 0 Å². The summed E-state index contributed by atoms with van der Waals surface area (Å²) in [5, 5.41) is 4.69. The van der Waals surface area contributed by atoms with E-state index in [0.29, 0.717) is 28.1 Å². The van der Waals surface area contributed by atoms with Gasteiger partial charge in [0.25, 0.3) is 0 Å². The number of hydrogen-bond donors (Lipinski definition) is 0. The summed E-state index contributed by atoms with van der Waals surface area (Å²) in [6.45, 7) is 0. The standard InChI is InChI=1S/C43H26ClN3O/c44-33-25-37(40-36-17-9-10-18-38(36)48-39(40)26-33)43-46-41(45-42(47-43)35-16-8-7-15-34(35)28-13-5-2-6-14-28)32-22-21-30-23-29(19-20-31(30)24-32)27-11-3-1-4-12-27/h1-26H. The van der Waals surface area contributed by atoms with Crippen LogP contribution in [0.4, 0.5) is 0 Å². The van der Waals surface area contributed by atoms with Gasteiger partial charge in [0.2, 0.25) is 0 Å². The third-order valence-corrected chi connectivity index (χ3v) is 9.00. The maximum Gasteiger partial charge on any atom is 0.164 e. The minimum Gasteiger partial charge on any atom is -0.456 e. The van der Waals surface area contributed by atoms with Crippen LogP contribution in [0.2, 0.25) is 5.02 Å². The molecule has 0 aliphatic heterocycles. The summed E-state index contributed by atoms with van der Waals surface area (Å²) in [5.74, 6) is 1.68. The molecule has 0 aliphatic carbocycles. The van der Waals surface area contributed by atoms with Crippen molar-refractivity contribution in [2.24, 2.45) is 0 Å². The van der Waals surface area contributed by atoms with E-state index in [4.69, 9.17) is 31.0 Å². The van der Waals surface area contributed by atoms with E-state index in [9.17, 15) is 0 Å². The van der Waals surface area contributed by atoms with Crippen LogP contribution in [-0.2, 0) is 0 Å². The van der Waals surface area contributed by atoms with Gasteiger partial charge in [0.1, 0.15) is 11.2 Å². The average Bonchev–Trinajstić information content (AvgIpc) is 3.53. The molecule has 0 fully saturated rings. The topological polar surface area (TPSA) is 51.8 Å². The number of aromatic nitrogens is 3. The van der Waals surface area contributed by atoms with Crippen molar-refractivity contribution in [3.63, 3.8) is 0 Å². The molecule has 0 bridgehead atoms. The van der Waals surface area contributed by atoms with Crippen molar-refractivity contribution in [3.05, 3.63) is 163 Å². The Morgan fingerprint density at radius 3 is 1.75 bits per heavy atom. The molecule has 4 nitrogen and oxygen atoms in total. The lowest BCUT2D eigenvalue weighted by molar-refractivity contribution is 0.669. The Kier molecular flexibility index (Phi) is 6.81. The summed E-state index contributed by atoms with van der Waals surface area (Å²) >= 11 is 6.71. The highest BCUT2D eigenvalue weighted by Gasteiger charge is 2.20. The molecule has 48 heavy (non-hydrogen) atoms. The quantitative estimate of drug-likeness (QED) is 0.189. The van der Waals surface area contributed by atoms with Crippen LogP contribution in [0.25, 0.3) is 89.1 Å². The fourth-order valence-corrected chi connectivity index (χ4v) is 6.69. The summed E-state index contributed by atoms with van der Waals surface area (Å²) in [4.78, 5) is 15.4. The van der Waals surface area contributed by atoms with Crippen LogP contribution in [0.5, 0.6) is 0 Å². The van der Waals surface area contributed by atoms with Crippen LogP contribution in [0.15, 0.2) is 162 Å². The van der Waals surface area contributed by atoms with Gasteiger partial charge in [0, 0.05) is 38.6 Å². The summed E-state index contributed by atoms with van der Waals surface area (Å²) in [6, 6.07) is 53.7. The molecule has 0 amide bonds. The van der Waals surface area contributed by atoms with Gasteiger partial charge in [-0.25, -0.2) is 15.0 Å². The first-order valence-corrected chi connectivity index (χ1v) is 16.2.